The second-order valence-electron chi connectivity index (χ2n) is 2.94. The summed E-state index contributed by atoms with van der Waals surface area (Å²) in [7, 11) is 0. The van der Waals surface area contributed by atoms with Gasteiger partial charge in [0.1, 0.15) is 6.10 Å². The third kappa shape index (κ3) is 12.9. The SMILES string of the molecule is CC(O)C(=O)O.CCN(CC)CC(N)=O. The van der Waals surface area contributed by atoms with Gasteiger partial charge in [-0.15, -0.1) is 0 Å². The molecule has 0 aromatic rings. The molecule has 6 heteroatoms. The maximum Gasteiger partial charge on any atom is 0.332 e. The molecule has 0 aromatic heterocycles. The van der Waals surface area contributed by atoms with Crippen LogP contribution in [0.1, 0.15) is 20.8 Å². The van der Waals surface area contributed by atoms with E-state index in [-0.39, 0.29) is 5.91 Å². The molecule has 90 valence electrons. The number of aliphatic hydroxyl groups is 1. The summed E-state index contributed by atoms with van der Waals surface area (Å²) < 4.78 is 0. The van der Waals surface area contributed by atoms with Gasteiger partial charge in [-0.05, 0) is 20.0 Å². The van der Waals surface area contributed by atoms with E-state index < -0.39 is 12.1 Å². The Morgan fingerprint density at radius 1 is 1.33 bits per heavy atom. The highest BCUT2D eigenvalue weighted by molar-refractivity contribution is 5.75. The largest absolute Gasteiger partial charge is 0.479 e. The molecule has 0 aromatic carbocycles. The van der Waals surface area contributed by atoms with Crippen molar-refractivity contribution in [3.05, 3.63) is 0 Å². The summed E-state index contributed by atoms with van der Waals surface area (Å²) in [6.07, 6.45) is -1.23. The van der Waals surface area contributed by atoms with Crippen LogP contribution < -0.4 is 5.73 Å². The molecule has 0 spiro atoms. The maximum atomic E-state index is 10.3. The van der Waals surface area contributed by atoms with Gasteiger partial charge in [0.15, 0.2) is 0 Å². The number of nitrogens with zero attached hydrogens (tertiary/aromatic N) is 1. The van der Waals surface area contributed by atoms with E-state index in [1.165, 1.54) is 6.92 Å². The molecule has 6 nitrogen and oxygen atoms in total. The van der Waals surface area contributed by atoms with E-state index in [2.05, 4.69) is 0 Å². The zero-order valence-electron chi connectivity index (χ0n) is 9.43. The van der Waals surface area contributed by atoms with Crippen LogP contribution in [0.4, 0.5) is 0 Å². The molecule has 0 bridgehead atoms. The van der Waals surface area contributed by atoms with Crippen LogP contribution in [0.25, 0.3) is 0 Å². The molecular weight excluding hydrogens is 200 g/mol. The van der Waals surface area contributed by atoms with Crippen molar-refractivity contribution < 1.29 is 19.8 Å². The van der Waals surface area contributed by atoms with Gasteiger partial charge in [-0.3, -0.25) is 9.69 Å². The Balaban J connectivity index is 0. The summed E-state index contributed by atoms with van der Waals surface area (Å²) in [5.41, 5.74) is 4.96. The molecule has 4 N–H and O–H groups in total. The van der Waals surface area contributed by atoms with Gasteiger partial charge in [0.05, 0.1) is 6.54 Å². The van der Waals surface area contributed by atoms with Crippen LogP contribution in [0.5, 0.6) is 0 Å². The van der Waals surface area contributed by atoms with Crippen LogP contribution in [-0.2, 0) is 9.59 Å². The molecule has 0 aliphatic rings. The monoisotopic (exact) mass is 220 g/mol. The number of primary amides is 1. The molecule has 1 amide bonds. The topological polar surface area (TPSA) is 104 Å². The van der Waals surface area contributed by atoms with Gasteiger partial charge in [0, 0.05) is 0 Å². The van der Waals surface area contributed by atoms with Gasteiger partial charge in [0.2, 0.25) is 5.91 Å². The van der Waals surface area contributed by atoms with Crippen molar-refractivity contribution in [2.24, 2.45) is 5.73 Å². The number of aliphatic hydroxyl groups excluding tert-OH is 1. The minimum Gasteiger partial charge on any atom is -0.479 e. The summed E-state index contributed by atoms with van der Waals surface area (Å²) in [4.78, 5) is 21.7. The average Bonchev–Trinajstić information content (AvgIpc) is 2.14. The summed E-state index contributed by atoms with van der Waals surface area (Å²) in [5, 5.41) is 15.8. The van der Waals surface area contributed by atoms with Crippen molar-refractivity contribution in [1.29, 1.82) is 0 Å². The lowest BCUT2D eigenvalue weighted by atomic mass is 10.4. The van der Waals surface area contributed by atoms with Gasteiger partial charge in [-0.2, -0.15) is 0 Å². The highest BCUT2D eigenvalue weighted by atomic mass is 16.4. The van der Waals surface area contributed by atoms with Crippen molar-refractivity contribution >= 4 is 11.9 Å². The second-order valence-corrected chi connectivity index (χ2v) is 2.94. The van der Waals surface area contributed by atoms with Gasteiger partial charge in [-0.25, -0.2) is 4.79 Å². The minimum absolute atomic E-state index is 0.251. The van der Waals surface area contributed by atoms with Crippen molar-refractivity contribution in [3.8, 4) is 0 Å². The molecule has 0 rings (SSSR count). The lowest BCUT2D eigenvalue weighted by Crippen LogP contribution is -2.33. The Kier molecular flexibility index (Phi) is 10.2. The zero-order valence-corrected chi connectivity index (χ0v) is 9.43. The smallest absolute Gasteiger partial charge is 0.332 e. The molecule has 0 saturated carbocycles. The van der Waals surface area contributed by atoms with E-state index in [0.717, 1.165) is 13.1 Å². The number of hydrogen-bond donors (Lipinski definition) is 3. The van der Waals surface area contributed by atoms with E-state index >= 15 is 0 Å². The third-order valence-electron chi connectivity index (χ3n) is 1.63. The van der Waals surface area contributed by atoms with E-state index in [1.807, 2.05) is 18.7 Å². The van der Waals surface area contributed by atoms with E-state index in [0.29, 0.717) is 6.54 Å². The number of carbonyl (C=O) groups is 2. The number of carboxylic acids is 1. The van der Waals surface area contributed by atoms with Crippen molar-refractivity contribution in [3.63, 3.8) is 0 Å². The first-order chi connectivity index (χ1) is 6.84. The lowest BCUT2D eigenvalue weighted by Gasteiger charge is -2.14. The number of amides is 1. The van der Waals surface area contributed by atoms with Crippen molar-refractivity contribution in [2.75, 3.05) is 19.6 Å². The van der Waals surface area contributed by atoms with Gasteiger partial charge in [0.25, 0.3) is 0 Å². The number of nitrogens with two attached hydrogens (primary N) is 1. The fourth-order valence-corrected chi connectivity index (χ4v) is 0.668. The van der Waals surface area contributed by atoms with Crippen LogP contribution in [0.15, 0.2) is 0 Å². The molecule has 0 fully saturated rings. The fraction of sp³-hybridized carbons (Fsp3) is 0.778. The second kappa shape index (κ2) is 9.42. The van der Waals surface area contributed by atoms with E-state index in [4.69, 9.17) is 15.9 Å². The van der Waals surface area contributed by atoms with Gasteiger partial charge in [-0.1, -0.05) is 13.8 Å². The molecule has 0 aliphatic carbocycles. The Hall–Kier alpha value is -1.14. The number of carboxylic acid groups (broad SMARTS) is 1. The predicted octanol–water partition coefficient (Wildman–Crippen LogP) is -0.735. The summed E-state index contributed by atoms with van der Waals surface area (Å²) >= 11 is 0. The Morgan fingerprint density at radius 3 is 1.73 bits per heavy atom. The first kappa shape index (κ1) is 16.3. The van der Waals surface area contributed by atoms with Crippen molar-refractivity contribution in [1.82, 2.24) is 4.90 Å². The number of rotatable bonds is 5. The highest BCUT2D eigenvalue weighted by Gasteiger charge is 2.01. The van der Waals surface area contributed by atoms with Gasteiger partial charge < -0.3 is 15.9 Å². The number of likely N-dealkylation sites (N-methyl/N-ethyl adjacent to an activating group) is 1. The number of aliphatic carboxylic acids is 1. The minimum atomic E-state index is -1.23. The molecule has 1 atom stereocenters. The normalized spacial score (nSPS) is 11.5. The van der Waals surface area contributed by atoms with Crippen LogP contribution in [-0.4, -0.2) is 52.7 Å². The average molecular weight is 220 g/mol. The maximum absolute atomic E-state index is 10.3. The molecule has 0 radical (unpaired) electrons. The summed E-state index contributed by atoms with van der Waals surface area (Å²) in [6.45, 7) is 7.37. The first-order valence-electron chi connectivity index (χ1n) is 4.76. The van der Waals surface area contributed by atoms with Gasteiger partial charge >= 0.3 is 5.97 Å². The van der Waals surface area contributed by atoms with Crippen molar-refractivity contribution in [2.45, 2.75) is 26.9 Å². The van der Waals surface area contributed by atoms with E-state index in [1.54, 1.807) is 0 Å². The van der Waals surface area contributed by atoms with Crippen LogP contribution in [0, 0.1) is 0 Å². The molecule has 0 aliphatic heterocycles. The molecule has 0 saturated heterocycles. The van der Waals surface area contributed by atoms with Crippen LogP contribution in [0.2, 0.25) is 0 Å². The molecule has 1 unspecified atom stereocenters. The number of hydrogen-bond acceptors (Lipinski definition) is 4. The summed E-state index contributed by atoms with van der Waals surface area (Å²) in [6, 6.07) is 0. The quantitative estimate of drug-likeness (QED) is 0.566. The molecular formula is C9H20N2O4. The Labute approximate surface area is 89.7 Å². The lowest BCUT2D eigenvalue weighted by molar-refractivity contribution is -0.145. The Bertz CT molecular complexity index is 191. The zero-order chi connectivity index (χ0) is 12.4. The predicted molar refractivity (Wildman–Crippen MR) is 56.3 cm³/mol. The molecule has 15 heavy (non-hydrogen) atoms. The van der Waals surface area contributed by atoms with Crippen LogP contribution in [0.3, 0.4) is 0 Å². The third-order valence-corrected chi connectivity index (χ3v) is 1.63. The summed E-state index contributed by atoms with van der Waals surface area (Å²) in [5.74, 6) is -1.44. The van der Waals surface area contributed by atoms with Crippen LogP contribution >= 0.6 is 0 Å². The Morgan fingerprint density at radius 2 is 1.67 bits per heavy atom. The standard InChI is InChI=1S/C6H14N2O.C3H6O3/c1-3-8(4-2)5-6(7)9;1-2(4)3(5)6/h3-5H2,1-2H3,(H2,7,9);2,4H,1H3,(H,5,6). The first-order valence-corrected chi connectivity index (χ1v) is 4.76. The molecule has 0 heterocycles. The fourth-order valence-electron chi connectivity index (χ4n) is 0.668. The number of carbonyl (C=O) groups excluding carboxylic acids is 1. The van der Waals surface area contributed by atoms with E-state index in [9.17, 15) is 9.59 Å². The highest BCUT2D eigenvalue weighted by Crippen LogP contribution is 1.83.